The zero-order valence-corrected chi connectivity index (χ0v) is 12.3. The standard InChI is InChI=1S/C14H21N3OS/c1-10-14(18)17(8-11-3-5-16(2)7-11)13(15-10)12-4-6-19-9-12/h4,6,9-11,13,15H,3,5,7-8H2,1-2H3. The highest BCUT2D eigenvalue weighted by Gasteiger charge is 2.38. The fourth-order valence-electron chi connectivity index (χ4n) is 3.13. The molecule has 1 aromatic heterocycles. The van der Waals surface area contributed by atoms with Crippen LogP contribution in [0, 0.1) is 5.92 Å². The molecule has 0 saturated carbocycles. The summed E-state index contributed by atoms with van der Waals surface area (Å²) in [7, 11) is 2.16. The molecule has 2 fully saturated rings. The fourth-order valence-corrected chi connectivity index (χ4v) is 3.81. The summed E-state index contributed by atoms with van der Waals surface area (Å²) in [4.78, 5) is 16.7. The summed E-state index contributed by atoms with van der Waals surface area (Å²) in [5.74, 6) is 0.855. The predicted octanol–water partition coefficient (Wildman–Crippen LogP) is 1.52. The van der Waals surface area contributed by atoms with Crippen LogP contribution < -0.4 is 5.32 Å². The molecule has 2 aliphatic heterocycles. The SMILES string of the molecule is CC1NC(c2ccsc2)N(CC2CCN(C)C2)C1=O. The molecule has 1 N–H and O–H groups in total. The van der Waals surface area contributed by atoms with Gasteiger partial charge in [-0.3, -0.25) is 10.1 Å². The van der Waals surface area contributed by atoms with Crippen molar-refractivity contribution in [3.8, 4) is 0 Å². The number of likely N-dealkylation sites (tertiary alicyclic amines) is 1. The summed E-state index contributed by atoms with van der Waals surface area (Å²) in [6, 6.07) is 2.05. The summed E-state index contributed by atoms with van der Waals surface area (Å²) in [5, 5.41) is 7.62. The highest BCUT2D eigenvalue weighted by molar-refractivity contribution is 7.07. The Labute approximate surface area is 118 Å². The minimum atomic E-state index is -0.0657. The van der Waals surface area contributed by atoms with Crippen LogP contribution in [0.5, 0.6) is 0 Å². The molecule has 0 radical (unpaired) electrons. The van der Waals surface area contributed by atoms with Crippen LogP contribution in [0.15, 0.2) is 16.8 Å². The average molecular weight is 279 g/mol. The van der Waals surface area contributed by atoms with E-state index >= 15 is 0 Å². The second-order valence-corrected chi connectivity index (χ2v) is 6.54. The first kappa shape index (κ1) is 13.1. The smallest absolute Gasteiger partial charge is 0.241 e. The summed E-state index contributed by atoms with van der Waals surface area (Å²) >= 11 is 1.69. The lowest BCUT2D eigenvalue weighted by Gasteiger charge is -2.26. The summed E-state index contributed by atoms with van der Waals surface area (Å²) in [5.41, 5.74) is 1.22. The molecular formula is C14H21N3OS. The number of carbonyl (C=O) groups is 1. The Balaban J connectivity index is 1.74. The van der Waals surface area contributed by atoms with Crippen LogP contribution in [0.3, 0.4) is 0 Å². The van der Waals surface area contributed by atoms with Gasteiger partial charge in [0, 0.05) is 13.1 Å². The fraction of sp³-hybridized carbons (Fsp3) is 0.643. The van der Waals surface area contributed by atoms with Gasteiger partial charge in [0.05, 0.1) is 6.04 Å². The molecule has 104 valence electrons. The molecule has 3 atom stereocenters. The first-order valence-corrected chi connectivity index (χ1v) is 7.86. The number of nitrogens with zero attached hydrogens (tertiary/aromatic N) is 2. The van der Waals surface area contributed by atoms with E-state index in [1.807, 2.05) is 11.8 Å². The summed E-state index contributed by atoms with van der Waals surface area (Å²) in [6.45, 7) is 5.09. The number of rotatable bonds is 3. The monoisotopic (exact) mass is 279 g/mol. The predicted molar refractivity (Wildman–Crippen MR) is 77.0 cm³/mol. The van der Waals surface area contributed by atoms with Crippen molar-refractivity contribution in [1.29, 1.82) is 0 Å². The number of nitrogens with one attached hydrogen (secondary N) is 1. The Morgan fingerprint density at radius 1 is 1.53 bits per heavy atom. The van der Waals surface area contributed by atoms with Crippen LogP contribution in [-0.4, -0.2) is 48.4 Å². The topological polar surface area (TPSA) is 35.6 Å². The molecule has 3 rings (SSSR count). The van der Waals surface area contributed by atoms with Crippen LogP contribution in [0.25, 0.3) is 0 Å². The largest absolute Gasteiger partial charge is 0.321 e. The van der Waals surface area contributed by atoms with Gasteiger partial charge < -0.3 is 9.80 Å². The van der Waals surface area contributed by atoms with E-state index in [1.165, 1.54) is 12.0 Å². The van der Waals surface area contributed by atoms with E-state index in [4.69, 9.17) is 0 Å². The quantitative estimate of drug-likeness (QED) is 0.911. The van der Waals surface area contributed by atoms with Crippen molar-refractivity contribution in [3.05, 3.63) is 22.4 Å². The van der Waals surface area contributed by atoms with Gasteiger partial charge in [-0.1, -0.05) is 0 Å². The Morgan fingerprint density at radius 2 is 2.37 bits per heavy atom. The second-order valence-electron chi connectivity index (χ2n) is 5.76. The van der Waals surface area contributed by atoms with E-state index in [1.54, 1.807) is 11.3 Å². The average Bonchev–Trinajstić information content (AvgIpc) is 3.07. The molecule has 2 aliphatic rings. The maximum Gasteiger partial charge on any atom is 0.241 e. The van der Waals surface area contributed by atoms with E-state index in [9.17, 15) is 4.79 Å². The van der Waals surface area contributed by atoms with Crippen LogP contribution in [0.2, 0.25) is 0 Å². The van der Waals surface area contributed by atoms with Gasteiger partial charge in [-0.2, -0.15) is 11.3 Å². The van der Waals surface area contributed by atoms with Crippen molar-refractivity contribution >= 4 is 17.2 Å². The van der Waals surface area contributed by atoms with E-state index in [2.05, 4.69) is 34.1 Å². The van der Waals surface area contributed by atoms with Crippen LogP contribution in [0.4, 0.5) is 0 Å². The molecule has 19 heavy (non-hydrogen) atoms. The first-order chi connectivity index (χ1) is 9.15. The van der Waals surface area contributed by atoms with Gasteiger partial charge in [0.15, 0.2) is 0 Å². The Bertz CT molecular complexity index is 448. The lowest BCUT2D eigenvalue weighted by Crippen LogP contribution is -2.35. The minimum absolute atomic E-state index is 0.0657. The van der Waals surface area contributed by atoms with E-state index < -0.39 is 0 Å². The van der Waals surface area contributed by atoms with Gasteiger partial charge in [0.25, 0.3) is 0 Å². The third-order valence-corrected chi connectivity index (χ3v) is 4.88. The summed E-state index contributed by atoms with van der Waals surface area (Å²) < 4.78 is 0. The second kappa shape index (κ2) is 5.23. The number of amides is 1. The van der Waals surface area contributed by atoms with E-state index in [-0.39, 0.29) is 18.1 Å². The van der Waals surface area contributed by atoms with Crippen molar-refractivity contribution in [2.75, 3.05) is 26.7 Å². The maximum atomic E-state index is 12.3. The minimum Gasteiger partial charge on any atom is -0.321 e. The van der Waals surface area contributed by atoms with Crippen molar-refractivity contribution in [3.63, 3.8) is 0 Å². The first-order valence-electron chi connectivity index (χ1n) is 6.92. The van der Waals surface area contributed by atoms with Gasteiger partial charge in [-0.15, -0.1) is 0 Å². The number of hydrogen-bond acceptors (Lipinski definition) is 4. The molecule has 0 bridgehead atoms. The molecule has 5 heteroatoms. The summed E-state index contributed by atoms with van der Waals surface area (Å²) in [6.07, 6.45) is 1.27. The molecular weight excluding hydrogens is 258 g/mol. The molecule has 3 unspecified atom stereocenters. The lowest BCUT2D eigenvalue weighted by atomic mass is 10.1. The third-order valence-electron chi connectivity index (χ3n) is 4.18. The van der Waals surface area contributed by atoms with Crippen molar-refractivity contribution in [2.45, 2.75) is 25.6 Å². The van der Waals surface area contributed by atoms with Gasteiger partial charge in [0.1, 0.15) is 6.17 Å². The van der Waals surface area contributed by atoms with Crippen molar-refractivity contribution in [2.24, 2.45) is 5.92 Å². The van der Waals surface area contributed by atoms with E-state index in [0.717, 1.165) is 19.6 Å². The maximum absolute atomic E-state index is 12.3. The lowest BCUT2D eigenvalue weighted by molar-refractivity contribution is -0.130. The van der Waals surface area contributed by atoms with Crippen LogP contribution in [0.1, 0.15) is 25.1 Å². The molecule has 3 heterocycles. The number of carbonyl (C=O) groups excluding carboxylic acids is 1. The molecule has 2 saturated heterocycles. The molecule has 0 spiro atoms. The van der Waals surface area contributed by atoms with Gasteiger partial charge in [-0.05, 0) is 55.2 Å². The molecule has 0 aliphatic carbocycles. The Morgan fingerprint density at radius 3 is 3.00 bits per heavy atom. The van der Waals surface area contributed by atoms with Crippen molar-refractivity contribution < 1.29 is 4.79 Å². The number of hydrogen-bond donors (Lipinski definition) is 1. The molecule has 1 aromatic rings. The van der Waals surface area contributed by atoms with Crippen molar-refractivity contribution in [1.82, 2.24) is 15.1 Å². The van der Waals surface area contributed by atoms with Crippen LogP contribution >= 0.6 is 11.3 Å². The highest BCUT2D eigenvalue weighted by Crippen LogP contribution is 2.29. The molecule has 1 amide bonds. The van der Waals surface area contributed by atoms with Gasteiger partial charge >= 0.3 is 0 Å². The van der Waals surface area contributed by atoms with E-state index in [0.29, 0.717) is 5.92 Å². The number of thiophene rings is 1. The molecule has 0 aromatic carbocycles. The molecule has 4 nitrogen and oxygen atoms in total. The Hall–Kier alpha value is -0.910. The highest BCUT2D eigenvalue weighted by atomic mass is 32.1. The zero-order chi connectivity index (χ0) is 13.4. The van der Waals surface area contributed by atoms with Crippen LogP contribution in [-0.2, 0) is 4.79 Å². The Kier molecular flexibility index (Phi) is 3.60. The normalized spacial score (nSPS) is 32.4. The van der Waals surface area contributed by atoms with Gasteiger partial charge in [0.2, 0.25) is 5.91 Å². The van der Waals surface area contributed by atoms with Gasteiger partial charge in [-0.25, -0.2) is 0 Å². The third kappa shape index (κ3) is 2.55. The zero-order valence-electron chi connectivity index (χ0n) is 11.5.